The molecule has 1 amide bonds. The number of halogens is 1. The van der Waals surface area contributed by atoms with Crippen LogP contribution in [0.15, 0.2) is 11.6 Å². The molecule has 0 bridgehead atoms. The van der Waals surface area contributed by atoms with Crippen LogP contribution in [0.25, 0.3) is 0 Å². The number of ether oxygens (including phenoxy) is 2. The fraction of sp³-hybridized carbons (Fsp3) is 0.750. The molecule has 0 unspecified atom stereocenters. The van der Waals surface area contributed by atoms with Crippen molar-refractivity contribution in [3.63, 3.8) is 0 Å². The maximum absolute atomic E-state index is 12.0. The van der Waals surface area contributed by atoms with Gasteiger partial charge >= 0.3 is 5.97 Å². The molecule has 0 saturated carbocycles. The largest absolute Gasteiger partial charge is 0.463 e. The molecule has 0 aromatic rings. The topological polar surface area (TPSA) is 111 Å². The van der Waals surface area contributed by atoms with Gasteiger partial charge in [-0.25, -0.2) is 4.79 Å². The first-order chi connectivity index (χ1) is 11.0. The number of carbonyl (C=O) groups is 2. The number of aliphatic hydroxyl groups is 1. The fourth-order valence-corrected chi connectivity index (χ4v) is 2.62. The molecule has 0 saturated heterocycles. The minimum Gasteiger partial charge on any atom is -0.463 e. The zero-order valence-electron chi connectivity index (χ0n) is 14.5. The zero-order valence-corrected chi connectivity index (χ0v) is 15.3. The normalized spacial score (nSPS) is 23.2. The monoisotopic (exact) mass is 364 g/mol. The third-order valence-electron chi connectivity index (χ3n) is 3.91. The smallest absolute Gasteiger partial charge is 0.333 e. The molecule has 0 aromatic heterocycles. The van der Waals surface area contributed by atoms with E-state index in [9.17, 15) is 9.59 Å². The van der Waals surface area contributed by atoms with Crippen LogP contribution in [0.3, 0.4) is 0 Å². The number of hydrogen-bond donors (Lipinski definition) is 3. The number of amides is 1. The van der Waals surface area contributed by atoms with Gasteiger partial charge in [0.1, 0.15) is 6.61 Å². The van der Waals surface area contributed by atoms with Crippen LogP contribution in [-0.4, -0.2) is 54.5 Å². The quantitative estimate of drug-likeness (QED) is 0.546. The minimum absolute atomic E-state index is 0. The van der Waals surface area contributed by atoms with Crippen molar-refractivity contribution >= 4 is 24.3 Å². The van der Waals surface area contributed by atoms with Crippen LogP contribution in [0.1, 0.15) is 40.0 Å². The Morgan fingerprint density at radius 1 is 1.38 bits per heavy atom. The van der Waals surface area contributed by atoms with E-state index in [4.69, 9.17) is 20.3 Å². The molecule has 0 spiro atoms. The van der Waals surface area contributed by atoms with Gasteiger partial charge in [-0.3, -0.25) is 4.79 Å². The molecule has 140 valence electrons. The highest BCUT2D eigenvalue weighted by molar-refractivity contribution is 5.89. The first-order valence-electron chi connectivity index (χ1n) is 8.15. The van der Waals surface area contributed by atoms with Gasteiger partial charge in [-0.05, 0) is 32.3 Å². The van der Waals surface area contributed by atoms with Crippen LogP contribution in [0, 0.1) is 0 Å². The van der Waals surface area contributed by atoms with Crippen molar-refractivity contribution in [2.75, 3.05) is 13.2 Å². The van der Waals surface area contributed by atoms with Gasteiger partial charge in [0.05, 0.1) is 24.9 Å². The number of carbonyl (C=O) groups excluding carboxylic acids is 2. The second-order valence-corrected chi connectivity index (χ2v) is 5.57. The summed E-state index contributed by atoms with van der Waals surface area (Å²) >= 11 is 0. The van der Waals surface area contributed by atoms with Gasteiger partial charge in [0, 0.05) is 11.6 Å². The molecule has 8 heteroatoms. The summed E-state index contributed by atoms with van der Waals surface area (Å²) < 4.78 is 11.0. The number of rotatable bonds is 8. The second kappa shape index (κ2) is 11.4. The predicted molar refractivity (Wildman–Crippen MR) is 92.8 cm³/mol. The van der Waals surface area contributed by atoms with Crippen LogP contribution < -0.4 is 11.1 Å². The van der Waals surface area contributed by atoms with Crippen molar-refractivity contribution in [3.05, 3.63) is 11.6 Å². The third kappa shape index (κ3) is 6.39. The molecule has 0 aliphatic heterocycles. The summed E-state index contributed by atoms with van der Waals surface area (Å²) in [6, 6.07) is -0.984. The summed E-state index contributed by atoms with van der Waals surface area (Å²) in [5.41, 5.74) is 6.59. The van der Waals surface area contributed by atoms with Crippen molar-refractivity contribution in [2.45, 2.75) is 64.3 Å². The molecule has 0 radical (unpaired) electrons. The van der Waals surface area contributed by atoms with Crippen molar-refractivity contribution in [3.8, 4) is 0 Å². The molecule has 1 aliphatic rings. The lowest BCUT2D eigenvalue weighted by Crippen LogP contribution is -2.57. The van der Waals surface area contributed by atoms with Gasteiger partial charge < -0.3 is 25.6 Å². The van der Waals surface area contributed by atoms with E-state index in [2.05, 4.69) is 5.32 Å². The van der Waals surface area contributed by atoms with Crippen molar-refractivity contribution in [2.24, 2.45) is 5.73 Å². The van der Waals surface area contributed by atoms with Crippen LogP contribution in [0.4, 0.5) is 0 Å². The predicted octanol–water partition coefficient (Wildman–Crippen LogP) is 0.680. The van der Waals surface area contributed by atoms with E-state index in [0.29, 0.717) is 5.57 Å². The summed E-state index contributed by atoms with van der Waals surface area (Å²) in [4.78, 5) is 23.5. The van der Waals surface area contributed by atoms with E-state index < -0.39 is 36.7 Å². The summed E-state index contributed by atoms with van der Waals surface area (Å²) in [7, 11) is 0. The lowest BCUT2D eigenvalue weighted by Gasteiger charge is -2.36. The first-order valence-corrected chi connectivity index (χ1v) is 8.15. The highest BCUT2D eigenvalue weighted by Crippen LogP contribution is 2.24. The summed E-state index contributed by atoms with van der Waals surface area (Å²) in [6.07, 6.45) is 3.06. The molecular weight excluding hydrogens is 336 g/mol. The molecule has 4 N–H and O–H groups in total. The Bertz CT molecular complexity index is 440. The van der Waals surface area contributed by atoms with Crippen LogP contribution in [-0.2, 0) is 19.1 Å². The summed E-state index contributed by atoms with van der Waals surface area (Å²) in [5.74, 6) is -0.926. The lowest BCUT2D eigenvalue weighted by atomic mass is 9.88. The highest BCUT2D eigenvalue weighted by Gasteiger charge is 2.36. The number of esters is 1. The highest BCUT2D eigenvalue weighted by atomic mass is 35.5. The second-order valence-electron chi connectivity index (χ2n) is 5.57. The third-order valence-corrected chi connectivity index (χ3v) is 3.91. The van der Waals surface area contributed by atoms with E-state index in [0.717, 1.165) is 12.8 Å². The van der Waals surface area contributed by atoms with E-state index >= 15 is 0 Å². The number of nitrogens with two attached hydrogens (primary N) is 1. The van der Waals surface area contributed by atoms with Crippen LogP contribution in [0.2, 0.25) is 0 Å². The summed E-state index contributed by atoms with van der Waals surface area (Å²) in [6.45, 7) is 5.43. The first kappa shape index (κ1) is 22.9. The molecular formula is C16H29ClN2O5. The Morgan fingerprint density at radius 3 is 2.50 bits per heavy atom. The van der Waals surface area contributed by atoms with E-state index in [1.165, 1.54) is 0 Å². The van der Waals surface area contributed by atoms with Crippen molar-refractivity contribution in [1.29, 1.82) is 0 Å². The van der Waals surface area contributed by atoms with E-state index in [1.807, 2.05) is 13.8 Å². The average Bonchev–Trinajstić information content (AvgIpc) is 2.54. The number of nitrogens with one attached hydrogen (secondary N) is 1. The average molecular weight is 365 g/mol. The van der Waals surface area contributed by atoms with Gasteiger partial charge in [0.25, 0.3) is 0 Å². The SMILES string of the molecule is CCOC(=O)C1=C[C@@H](OC(CC)CC)[C@H](NC(=O)CO)[C@@H](N)C1.Cl. The van der Waals surface area contributed by atoms with Crippen LogP contribution in [0.5, 0.6) is 0 Å². The molecule has 3 atom stereocenters. The van der Waals surface area contributed by atoms with Crippen molar-refractivity contribution in [1.82, 2.24) is 5.32 Å². The van der Waals surface area contributed by atoms with Gasteiger partial charge in [0.2, 0.25) is 5.91 Å². The Balaban J connectivity index is 0.00000529. The van der Waals surface area contributed by atoms with Gasteiger partial charge in [0.15, 0.2) is 0 Å². The van der Waals surface area contributed by atoms with Crippen LogP contribution >= 0.6 is 12.4 Å². The zero-order chi connectivity index (χ0) is 17.4. The molecule has 7 nitrogen and oxygen atoms in total. The Hall–Kier alpha value is -1.15. The van der Waals surface area contributed by atoms with Gasteiger partial charge in [-0.2, -0.15) is 0 Å². The maximum Gasteiger partial charge on any atom is 0.333 e. The maximum atomic E-state index is 12.0. The Labute approximate surface area is 149 Å². The van der Waals surface area contributed by atoms with E-state index in [1.54, 1.807) is 13.0 Å². The standard InChI is InChI=1S/C16H28N2O5.ClH/c1-4-11(5-2)23-13-8-10(16(21)22-6-3)7-12(17)15(13)18-14(20)9-19;/h8,11-13,15,19H,4-7,9,17H2,1-3H3,(H,18,20);1H/t12-,13+,15+;/m0./s1. The lowest BCUT2D eigenvalue weighted by molar-refractivity contribution is -0.139. The van der Waals surface area contributed by atoms with Gasteiger partial charge in [-0.15, -0.1) is 12.4 Å². The molecule has 1 rings (SSSR count). The Kier molecular flexibility index (Phi) is 10.9. The molecule has 1 aliphatic carbocycles. The van der Waals surface area contributed by atoms with E-state index in [-0.39, 0.29) is 31.5 Å². The number of hydrogen-bond acceptors (Lipinski definition) is 6. The Morgan fingerprint density at radius 2 is 2.00 bits per heavy atom. The molecule has 24 heavy (non-hydrogen) atoms. The number of aliphatic hydroxyl groups excluding tert-OH is 1. The summed E-state index contributed by atoms with van der Waals surface area (Å²) in [5, 5.41) is 11.6. The van der Waals surface area contributed by atoms with Crippen molar-refractivity contribution < 1.29 is 24.2 Å². The molecule has 0 heterocycles. The van der Waals surface area contributed by atoms with Gasteiger partial charge in [-0.1, -0.05) is 13.8 Å². The molecule has 0 fully saturated rings. The fourth-order valence-electron chi connectivity index (χ4n) is 2.62. The minimum atomic E-state index is -0.616. The molecule has 0 aromatic carbocycles.